The minimum Gasteiger partial charge on any atom is -0.161 e. The molecule has 0 nitrogen and oxygen atoms in total. The van der Waals surface area contributed by atoms with E-state index in [1.54, 1.807) is 0 Å². The van der Waals surface area contributed by atoms with Gasteiger partial charge in [-0.05, 0) is 30.9 Å². The normalized spacial score (nSPS) is 32.8. The lowest BCUT2D eigenvalue weighted by molar-refractivity contribution is 0.515. The Bertz CT molecular complexity index is 481. The molecule has 3 saturated heterocycles. The second-order valence-corrected chi connectivity index (χ2v) is 21.2. The fourth-order valence-corrected chi connectivity index (χ4v) is 10.7. The summed E-state index contributed by atoms with van der Waals surface area (Å²) < 4.78 is -0.341. The van der Waals surface area contributed by atoms with E-state index in [0.29, 0.717) is 21.7 Å². The van der Waals surface area contributed by atoms with Gasteiger partial charge in [0.25, 0.3) is 0 Å². The van der Waals surface area contributed by atoms with Crippen LogP contribution in [0.1, 0.15) is 26.2 Å². The van der Waals surface area contributed by atoms with E-state index in [0.717, 1.165) is 17.4 Å². The third-order valence-corrected chi connectivity index (χ3v) is 15.5. The van der Waals surface area contributed by atoms with Crippen molar-refractivity contribution < 1.29 is 0 Å². The zero-order valence-electron chi connectivity index (χ0n) is 15.1. The van der Waals surface area contributed by atoms with Crippen molar-refractivity contribution >= 4 is 135 Å². The monoisotopic (exact) mass is 572 g/mol. The zero-order chi connectivity index (χ0) is 19.9. The molecule has 0 aliphatic carbocycles. The van der Waals surface area contributed by atoms with Gasteiger partial charge in [-0.25, -0.2) is 0 Å². The molecule has 0 spiro atoms. The van der Waals surface area contributed by atoms with Crippen molar-refractivity contribution in [2.24, 2.45) is 5.92 Å². The molecule has 0 saturated carbocycles. The first-order valence-electron chi connectivity index (χ1n) is 8.98. The van der Waals surface area contributed by atoms with Gasteiger partial charge in [0, 0.05) is 38.3 Å². The lowest BCUT2D eigenvalue weighted by Crippen LogP contribution is -2.21. The van der Waals surface area contributed by atoms with Crippen LogP contribution in [-0.4, -0.2) is 54.9 Å². The average molecular weight is 573 g/mol. The lowest BCUT2D eigenvalue weighted by Gasteiger charge is -2.24. The van der Waals surface area contributed by atoms with Crippen LogP contribution in [0.25, 0.3) is 0 Å². The Morgan fingerprint density at radius 2 is 1.56 bits per heavy atom. The molecular weight excluding hydrogens is 545 g/mol. The van der Waals surface area contributed by atoms with E-state index < -0.39 is 0 Å². The Hall–Kier alpha value is 3.85. The number of rotatable bonds is 13. The molecule has 158 valence electrons. The predicted molar refractivity (Wildman–Crippen MR) is 158 cm³/mol. The number of hydrogen-bond acceptors (Lipinski definition) is 11. The molecule has 0 N–H and O–H groups in total. The summed E-state index contributed by atoms with van der Waals surface area (Å²) in [5.74, 6) is 5.40. The summed E-state index contributed by atoms with van der Waals surface area (Å²) in [7, 11) is 0. The van der Waals surface area contributed by atoms with Crippen LogP contribution in [0.15, 0.2) is 0 Å². The fourth-order valence-electron chi connectivity index (χ4n) is 2.93. The standard InChI is InChI=1S/C16H28S11/c1-9(25-8-14(17,18)4-11-7-24-11)5-23-6-10(2-12-15(19,20)26-12)3-13-16(21,22)27-13/h9-13,17-22H,2-8H2,1H3. The first-order valence-corrected chi connectivity index (χ1v) is 16.7. The van der Waals surface area contributed by atoms with E-state index >= 15 is 0 Å². The van der Waals surface area contributed by atoms with Crippen LogP contribution in [-0.2, 0) is 0 Å². The maximum Gasteiger partial charge on any atom is 0.113 e. The van der Waals surface area contributed by atoms with Gasteiger partial charge in [-0.2, -0.15) is 111 Å². The Labute approximate surface area is 219 Å². The van der Waals surface area contributed by atoms with Crippen molar-refractivity contribution in [3.05, 3.63) is 0 Å². The summed E-state index contributed by atoms with van der Waals surface area (Å²) in [6.45, 7) is 2.34. The summed E-state index contributed by atoms with van der Waals surface area (Å²) in [6.07, 6.45) is 3.52. The lowest BCUT2D eigenvalue weighted by atomic mass is 10.0. The summed E-state index contributed by atoms with van der Waals surface area (Å²) in [5.41, 5.74) is 0. The third kappa shape index (κ3) is 9.32. The quantitative estimate of drug-likeness (QED) is 0.0838. The topological polar surface area (TPSA) is 0 Å². The van der Waals surface area contributed by atoms with Gasteiger partial charge in [0.2, 0.25) is 0 Å². The van der Waals surface area contributed by atoms with E-state index in [9.17, 15) is 0 Å². The van der Waals surface area contributed by atoms with Gasteiger partial charge in [0.1, 0.15) is 6.82 Å². The summed E-state index contributed by atoms with van der Waals surface area (Å²) in [4.78, 5) is 0. The van der Waals surface area contributed by atoms with E-state index in [2.05, 4.69) is 69.2 Å². The molecule has 0 aromatic rings. The number of thiol groups is 6. The maximum absolute atomic E-state index is 4.78. The first-order chi connectivity index (χ1) is 12.5. The SMILES string of the molecule is CC(CSCC(CC1SC1(S)S)CC1SC1(S)S)SCC(S)(S)CC1CS1. The van der Waals surface area contributed by atoms with Crippen LogP contribution >= 0.6 is 135 Å². The van der Waals surface area contributed by atoms with E-state index in [4.69, 9.17) is 25.3 Å². The molecule has 0 aromatic heterocycles. The van der Waals surface area contributed by atoms with Crippen LogP contribution in [0, 0.1) is 5.92 Å². The summed E-state index contributed by atoms with van der Waals surface area (Å²) >= 11 is 37.9. The van der Waals surface area contributed by atoms with Crippen molar-refractivity contribution in [3.8, 4) is 0 Å². The van der Waals surface area contributed by atoms with Gasteiger partial charge >= 0.3 is 0 Å². The molecule has 0 aromatic carbocycles. The molecule has 3 aliphatic heterocycles. The minimum absolute atomic E-state index is 0.107. The first kappa shape index (κ1) is 25.5. The Balaban J connectivity index is 1.34. The van der Waals surface area contributed by atoms with Gasteiger partial charge in [0.05, 0.1) is 4.08 Å². The summed E-state index contributed by atoms with van der Waals surface area (Å²) in [5, 5.41) is 2.58. The summed E-state index contributed by atoms with van der Waals surface area (Å²) in [6, 6.07) is 0. The number of hydrogen-bond donors (Lipinski definition) is 6. The zero-order valence-corrected chi connectivity index (χ0v) is 24.5. The van der Waals surface area contributed by atoms with Gasteiger partial charge in [-0.1, -0.05) is 6.92 Å². The van der Waals surface area contributed by atoms with E-state index in [1.807, 2.05) is 47.0 Å². The van der Waals surface area contributed by atoms with Crippen LogP contribution in [0.2, 0.25) is 0 Å². The molecule has 27 heavy (non-hydrogen) atoms. The van der Waals surface area contributed by atoms with Gasteiger partial charge in [0.15, 0.2) is 0 Å². The van der Waals surface area contributed by atoms with Crippen LogP contribution in [0.4, 0.5) is 0 Å². The second kappa shape index (κ2) is 10.4. The Morgan fingerprint density at radius 1 is 1.04 bits per heavy atom. The van der Waals surface area contributed by atoms with Crippen molar-refractivity contribution in [1.82, 2.24) is 0 Å². The maximum atomic E-state index is 4.78. The second-order valence-electron chi connectivity index (χ2n) is 7.67. The number of thioether (sulfide) groups is 5. The molecule has 4 atom stereocenters. The Kier molecular flexibility index (Phi) is 9.82. The molecule has 3 fully saturated rings. The molecule has 0 bridgehead atoms. The van der Waals surface area contributed by atoms with Crippen LogP contribution in [0.5, 0.6) is 0 Å². The molecule has 3 aliphatic rings. The Morgan fingerprint density at radius 3 is 2.00 bits per heavy atom. The van der Waals surface area contributed by atoms with Crippen molar-refractivity contribution in [2.75, 3.05) is 23.0 Å². The minimum atomic E-state index is -0.127. The largest absolute Gasteiger partial charge is 0.161 e. The molecule has 0 amide bonds. The van der Waals surface area contributed by atoms with E-state index in [1.165, 1.54) is 30.1 Å². The molecular formula is C16H28S11. The highest BCUT2D eigenvalue weighted by Gasteiger charge is 2.53. The molecule has 3 rings (SSSR count). The highest BCUT2D eigenvalue weighted by molar-refractivity contribution is 8.32. The van der Waals surface area contributed by atoms with Gasteiger partial charge in [-0.3, -0.25) is 0 Å². The smallest absolute Gasteiger partial charge is 0.113 e. The third-order valence-electron chi connectivity index (χ3n) is 4.71. The fraction of sp³-hybridized carbons (Fsp3) is 1.00. The molecule has 4 unspecified atom stereocenters. The van der Waals surface area contributed by atoms with Crippen LogP contribution in [0.3, 0.4) is 0 Å². The van der Waals surface area contributed by atoms with Crippen molar-refractivity contribution in [3.63, 3.8) is 0 Å². The predicted octanol–water partition coefficient (Wildman–Crippen LogP) is 6.56. The molecule has 11 heteroatoms. The van der Waals surface area contributed by atoms with Gasteiger partial charge in [-0.15, -0.1) is 23.5 Å². The molecule has 0 radical (unpaired) electrons. The molecule has 3 heterocycles. The van der Waals surface area contributed by atoms with E-state index in [-0.39, 0.29) is 10.9 Å². The highest BCUT2D eigenvalue weighted by Crippen LogP contribution is 2.65. The highest BCUT2D eigenvalue weighted by atomic mass is 32.2. The van der Waals surface area contributed by atoms with Crippen molar-refractivity contribution in [2.45, 2.75) is 58.1 Å². The average Bonchev–Trinajstić information content (AvgIpc) is 3.47. The van der Waals surface area contributed by atoms with Crippen LogP contribution < -0.4 is 0 Å². The van der Waals surface area contributed by atoms with Gasteiger partial charge < -0.3 is 0 Å². The van der Waals surface area contributed by atoms with Crippen molar-refractivity contribution in [1.29, 1.82) is 0 Å².